The highest BCUT2D eigenvalue weighted by Crippen LogP contribution is 2.40. The average Bonchev–Trinajstić information content (AvgIpc) is 3.20. The van der Waals surface area contributed by atoms with Gasteiger partial charge in [0.25, 0.3) is 0 Å². The van der Waals surface area contributed by atoms with Gasteiger partial charge in [-0.25, -0.2) is 0 Å². The molecule has 0 fully saturated rings. The van der Waals surface area contributed by atoms with E-state index in [0.717, 1.165) is 67.8 Å². The molecule has 8 rings (SSSR count). The van der Waals surface area contributed by atoms with Crippen LogP contribution in [0.15, 0.2) is 207 Å². The van der Waals surface area contributed by atoms with E-state index >= 15 is 0 Å². The van der Waals surface area contributed by atoms with Crippen molar-refractivity contribution in [3.05, 3.63) is 207 Å². The summed E-state index contributed by atoms with van der Waals surface area (Å²) in [6.07, 6.45) is 3.72. The van der Waals surface area contributed by atoms with Gasteiger partial charge in [-0.15, -0.1) is 0 Å². The predicted molar refractivity (Wildman–Crippen MR) is 208 cm³/mol. The minimum absolute atomic E-state index is 0.912. The molecule has 0 aliphatic carbocycles. The molecule has 0 bridgehead atoms. The zero-order chi connectivity index (χ0) is 33.5. The number of nitrogens with zero attached hydrogens (tertiary/aromatic N) is 4. The molecule has 0 N–H and O–H groups in total. The maximum absolute atomic E-state index is 4.91. The topological polar surface area (TPSA) is 32.3 Å². The Labute approximate surface area is 293 Å². The van der Waals surface area contributed by atoms with Crippen LogP contribution in [0.5, 0.6) is 0 Å². The Kier molecular flexibility index (Phi) is 8.64. The molecular formula is C46H34N4. The number of para-hydroxylation sites is 4. The van der Waals surface area contributed by atoms with E-state index in [9.17, 15) is 0 Å². The molecule has 0 spiro atoms. The van der Waals surface area contributed by atoms with Crippen molar-refractivity contribution < 1.29 is 0 Å². The van der Waals surface area contributed by atoms with E-state index in [-0.39, 0.29) is 0 Å². The van der Waals surface area contributed by atoms with Crippen molar-refractivity contribution in [2.24, 2.45) is 0 Å². The lowest BCUT2D eigenvalue weighted by Gasteiger charge is -2.25. The third kappa shape index (κ3) is 6.26. The summed E-state index contributed by atoms with van der Waals surface area (Å²) < 4.78 is 0. The molecule has 2 heterocycles. The third-order valence-electron chi connectivity index (χ3n) is 8.76. The number of anilines is 6. The van der Waals surface area contributed by atoms with Gasteiger partial charge in [0.15, 0.2) is 0 Å². The molecule has 238 valence electrons. The molecule has 0 saturated carbocycles. The van der Waals surface area contributed by atoms with E-state index in [1.54, 1.807) is 0 Å². The Hall–Kier alpha value is -6.78. The van der Waals surface area contributed by atoms with Crippen LogP contribution in [0.4, 0.5) is 34.1 Å². The van der Waals surface area contributed by atoms with Gasteiger partial charge in [-0.05, 0) is 84.9 Å². The molecule has 6 aromatic carbocycles. The van der Waals surface area contributed by atoms with Crippen LogP contribution < -0.4 is 9.80 Å². The van der Waals surface area contributed by atoms with Gasteiger partial charge in [0, 0.05) is 68.8 Å². The smallest absolute Gasteiger partial charge is 0.0781 e. The Morgan fingerprint density at radius 1 is 0.260 bits per heavy atom. The van der Waals surface area contributed by atoms with Crippen LogP contribution in [0, 0.1) is 0 Å². The zero-order valence-corrected chi connectivity index (χ0v) is 27.4. The predicted octanol–water partition coefficient (Wildman–Crippen LogP) is 12.4. The molecule has 0 aliphatic rings. The van der Waals surface area contributed by atoms with Gasteiger partial charge in [0.05, 0.1) is 11.4 Å². The quantitative estimate of drug-likeness (QED) is 0.157. The van der Waals surface area contributed by atoms with Crippen molar-refractivity contribution in [2.75, 3.05) is 9.80 Å². The van der Waals surface area contributed by atoms with Crippen molar-refractivity contribution in [1.29, 1.82) is 0 Å². The molecule has 50 heavy (non-hydrogen) atoms. The fourth-order valence-corrected chi connectivity index (χ4v) is 6.44. The van der Waals surface area contributed by atoms with E-state index in [1.807, 2.05) is 48.8 Å². The minimum atomic E-state index is 0.912. The lowest BCUT2D eigenvalue weighted by molar-refractivity contribution is 1.27. The van der Waals surface area contributed by atoms with Crippen LogP contribution in [-0.2, 0) is 0 Å². The standard InChI is InChI=1S/C46H34N4/c1-5-15-37(16-6-1)49(38-17-7-2-8-18-38)41-29-25-35(26-30-41)45-43(23-13-33-47-45)44-24-14-34-48-46(44)36-27-31-42(32-28-36)50(39-19-9-3-10-20-39)40-21-11-4-12-22-40/h1-34H. The molecule has 0 saturated heterocycles. The Morgan fingerprint density at radius 2 is 0.540 bits per heavy atom. The SMILES string of the molecule is c1ccc(N(c2ccccc2)c2ccc(-c3ncccc3-c3cccnc3-c3ccc(N(c4ccccc4)c4ccccc4)cc3)cc2)cc1. The number of pyridine rings is 2. The molecule has 2 aromatic heterocycles. The molecule has 4 heteroatoms. The number of hydrogen-bond acceptors (Lipinski definition) is 4. The highest BCUT2D eigenvalue weighted by atomic mass is 15.1. The maximum Gasteiger partial charge on any atom is 0.0781 e. The Bertz CT molecular complexity index is 2040. The van der Waals surface area contributed by atoms with Crippen LogP contribution in [0.3, 0.4) is 0 Å². The molecule has 0 amide bonds. The summed E-state index contributed by atoms with van der Waals surface area (Å²) in [5, 5.41) is 0. The molecular weight excluding hydrogens is 609 g/mol. The summed E-state index contributed by atoms with van der Waals surface area (Å²) in [6, 6.07) is 67.4. The van der Waals surface area contributed by atoms with Gasteiger partial charge >= 0.3 is 0 Å². The Morgan fingerprint density at radius 3 is 0.840 bits per heavy atom. The average molecular weight is 643 g/mol. The maximum atomic E-state index is 4.91. The lowest BCUT2D eigenvalue weighted by atomic mass is 9.95. The summed E-state index contributed by atoms with van der Waals surface area (Å²) in [5.41, 5.74) is 12.5. The van der Waals surface area contributed by atoms with Gasteiger partial charge in [-0.2, -0.15) is 0 Å². The van der Waals surface area contributed by atoms with Gasteiger partial charge < -0.3 is 9.80 Å². The van der Waals surface area contributed by atoms with Gasteiger partial charge in [-0.1, -0.05) is 109 Å². The second-order valence-electron chi connectivity index (χ2n) is 11.9. The van der Waals surface area contributed by atoms with Crippen LogP contribution >= 0.6 is 0 Å². The molecule has 0 atom stereocenters. The van der Waals surface area contributed by atoms with E-state index in [2.05, 4.69) is 168 Å². The first kappa shape index (κ1) is 30.5. The van der Waals surface area contributed by atoms with E-state index in [4.69, 9.17) is 9.97 Å². The van der Waals surface area contributed by atoms with Crippen molar-refractivity contribution in [1.82, 2.24) is 9.97 Å². The van der Waals surface area contributed by atoms with Crippen molar-refractivity contribution in [3.8, 4) is 33.6 Å². The van der Waals surface area contributed by atoms with Crippen LogP contribution in [0.25, 0.3) is 33.6 Å². The van der Waals surface area contributed by atoms with Gasteiger partial charge in [0.2, 0.25) is 0 Å². The van der Waals surface area contributed by atoms with E-state index < -0.39 is 0 Å². The van der Waals surface area contributed by atoms with Gasteiger partial charge in [-0.3, -0.25) is 9.97 Å². The first-order chi connectivity index (χ1) is 24.8. The van der Waals surface area contributed by atoms with E-state index in [0.29, 0.717) is 0 Å². The molecule has 0 unspecified atom stereocenters. The van der Waals surface area contributed by atoms with Crippen molar-refractivity contribution >= 4 is 34.1 Å². The minimum Gasteiger partial charge on any atom is -0.311 e. The number of rotatable bonds is 9. The fourth-order valence-electron chi connectivity index (χ4n) is 6.44. The monoisotopic (exact) mass is 642 g/mol. The normalized spacial score (nSPS) is 10.8. The second kappa shape index (κ2) is 14.1. The Balaban J connectivity index is 1.14. The largest absolute Gasteiger partial charge is 0.311 e. The van der Waals surface area contributed by atoms with Crippen LogP contribution in [0.2, 0.25) is 0 Å². The zero-order valence-electron chi connectivity index (χ0n) is 27.4. The van der Waals surface area contributed by atoms with E-state index in [1.165, 1.54) is 0 Å². The number of hydrogen-bond donors (Lipinski definition) is 0. The third-order valence-corrected chi connectivity index (χ3v) is 8.76. The fraction of sp³-hybridized carbons (Fsp3) is 0. The highest BCUT2D eigenvalue weighted by Gasteiger charge is 2.17. The summed E-state index contributed by atoms with van der Waals surface area (Å²) in [6.45, 7) is 0. The van der Waals surface area contributed by atoms with Gasteiger partial charge in [0.1, 0.15) is 0 Å². The van der Waals surface area contributed by atoms with Crippen molar-refractivity contribution in [2.45, 2.75) is 0 Å². The lowest BCUT2D eigenvalue weighted by Crippen LogP contribution is -2.09. The number of aromatic nitrogens is 2. The van der Waals surface area contributed by atoms with Crippen LogP contribution in [0.1, 0.15) is 0 Å². The van der Waals surface area contributed by atoms with Crippen LogP contribution in [-0.4, -0.2) is 9.97 Å². The first-order valence-corrected chi connectivity index (χ1v) is 16.8. The second-order valence-corrected chi connectivity index (χ2v) is 11.9. The molecule has 4 nitrogen and oxygen atoms in total. The highest BCUT2D eigenvalue weighted by molar-refractivity contribution is 5.90. The first-order valence-electron chi connectivity index (χ1n) is 16.8. The molecule has 0 radical (unpaired) electrons. The summed E-state index contributed by atoms with van der Waals surface area (Å²) in [7, 11) is 0. The summed E-state index contributed by atoms with van der Waals surface area (Å²) in [5.74, 6) is 0. The molecule has 8 aromatic rings. The number of benzene rings is 6. The van der Waals surface area contributed by atoms with Crippen molar-refractivity contribution in [3.63, 3.8) is 0 Å². The summed E-state index contributed by atoms with van der Waals surface area (Å²) >= 11 is 0. The summed E-state index contributed by atoms with van der Waals surface area (Å²) in [4.78, 5) is 14.3. The molecule has 0 aliphatic heterocycles.